The fourth-order valence-corrected chi connectivity index (χ4v) is 9.54. The van der Waals surface area contributed by atoms with E-state index in [4.69, 9.17) is 4.42 Å². The number of hydrogen-bond donors (Lipinski definition) is 0. The molecule has 0 radical (unpaired) electrons. The van der Waals surface area contributed by atoms with Crippen LogP contribution < -0.4 is 0 Å². The topological polar surface area (TPSA) is 18.1 Å². The lowest BCUT2D eigenvalue weighted by molar-refractivity contribution is 0.125. The van der Waals surface area contributed by atoms with E-state index in [2.05, 4.69) is 167 Å². The van der Waals surface area contributed by atoms with Crippen LogP contribution in [0.25, 0.3) is 60.6 Å². The number of furan rings is 1. The van der Waals surface area contributed by atoms with E-state index in [1.807, 2.05) is 0 Å². The van der Waals surface area contributed by atoms with Crippen LogP contribution in [-0.2, 0) is 17.3 Å². The predicted molar refractivity (Wildman–Crippen MR) is 205 cm³/mol. The highest BCUT2D eigenvalue weighted by atomic mass is 16.3. The van der Waals surface area contributed by atoms with Crippen molar-refractivity contribution in [3.8, 4) is 16.8 Å². The molecule has 2 heterocycles. The van der Waals surface area contributed by atoms with Crippen molar-refractivity contribution in [2.24, 2.45) is 5.41 Å². The predicted octanol–water partition coefficient (Wildman–Crippen LogP) is 12.6. The van der Waals surface area contributed by atoms with Gasteiger partial charge >= 0.3 is 0 Å². The molecule has 2 aliphatic rings. The second kappa shape index (κ2) is 9.54. The van der Waals surface area contributed by atoms with Crippen molar-refractivity contribution < 1.29 is 4.42 Å². The average Bonchev–Trinajstić information content (AvgIpc) is 3.66. The summed E-state index contributed by atoms with van der Waals surface area (Å²) in [5.74, 6) is 0.290. The molecule has 1 atom stereocenters. The summed E-state index contributed by atoms with van der Waals surface area (Å²) in [6.07, 6.45) is 0.955. The zero-order valence-corrected chi connectivity index (χ0v) is 29.2. The molecular formula is C47H41NO. The maximum atomic E-state index is 6.79. The Morgan fingerprint density at radius 1 is 0.551 bits per heavy atom. The Kier molecular flexibility index (Phi) is 5.62. The van der Waals surface area contributed by atoms with Gasteiger partial charge in [0.15, 0.2) is 0 Å². The summed E-state index contributed by atoms with van der Waals surface area (Å²) in [6.45, 7) is 14.7. The first kappa shape index (κ1) is 28.9. The minimum atomic E-state index is 0.0335. The van der Waals surface area contributed by atoms with Gasteiger partial charge < -0.3 is 8.98 Å². The summed E-state index contributed by atoms with van der Waals surface area (Å²) < 4.78 is 9.16. The van der Waals surface area contributed by atoms with Gasteiger partial charge in [0.2, 0.25) is 0 Å². The molecule has 0 bridgehead atoms. The molecule has 1 unspecified atom stereocenters. The molecule has 6 aromatic carbocycles. The van der Waals surface area contributed by atoms with Crippen LogP contribution in [0.2, 0.25) is 0 Å². The van der Waals surface area contributed by atoms with E-state index in [1.54, 1.807) is 0 Å². The molecule has 10 rings (SSSR count). The van der Waals surface area contributed by atoms with E-state index in [0.29, 0.717) is 0 Å². The van der Waals surface area contributed by atoms with E-state index in [9.17, 15) is 0 Å². The van der Waals surface area contributed by atoms with Crippen LogP contribution >= 0.6 is 0 Å². The molecule has 0 N–H and O–H groups in total. The van der Waals surface area contributed by atoms with Gasteiger partial charge in [0.05, 0.1) is 11.0 Å². The maximum absolute atomic E-state index is 6.79. The van der Waals surface area contributed by atoms with Crippen LogP contribution in [-0.4, -0.2) is 4.57 Å². The van der Waals surface area contributed by atoms with Gasteiger partial charge in [-0.15, -0.1) is 0 Å². The maximum Gasteiger partial charge on any atom is 0.137 e. The van der Waals surface area contributed by atoms with Crippen molar-refractivity contribution in [2.45, 2.75) is 64.7 Å². The number of aromatic nitrogens is 1. The fourth-order valence-electron chi connectivity index (χ4n) is 9.54. The van der Waals surface area contributed by atoms with Gasteiger partial charge in [-0.05, 0) is 104 Å². The van der Waals surface area contributed by atoms with Crippen molar-refractivity contribution in [1.29, 1.82) is 0 Å². The summed E-state index contributed by atoms with van der Waals surface area (Å²) in [7, 11) is 0. The van der Waals surface area contributed by atoms with E-state index in [0.717, 1.165) is 23.3 Å². The van der Waals surface area contributed by atoms with Crippen LogP contribution in [0.15, 0.2) is 126 Å². The van der Waals surface area contributed by atoms with Gasteiger partial charge in [-0.2, -0.15) is 0 Å². The van der Waals surface area contributed by atoms with Crippen LogP contribution in [0.4, 0.5) is 0 Å². The molecule has 2 nitrogen and oxygen atoms in total. The Bertz CT molecular complexity index is 2650. The van der Waals surface area contributed by atoms with E-state index in [-0.39, 0.29) is 22.2 Å². The molecule has 49 heavy (non-hydrogen) atoms. The number of rotatable bonds is 2. The quantitative estimate of drug-likeness (QED) is 0.185. The van der Waals surface area contributed by atoms with Crippen molar-refractivity contribution in [3.63, 3.8) is 0 Å². The normalized spacial score (nSPS) is 18.6. The first-order valence-electron chi connectivity index (χ1n) is 17.8. The van der Waals surface area contributed by atoms with Gasteiger partial charge in [-0.25, -0.2) is 0 Å². The average molecular weight is 636 g/mol. The smallest absolute Gasteiger partial charge is 0.137 e. The molecule has 2 heteroatoms. The van der Waals surface area contributed by atoms with Gasteiger partial charge in [0, 0.05) is 39.2 Å². The summed E-state index contributed by atoms with van der Waals surface area (Å²) in [6, 6.07) is 45.1. The van der Waals surface area contributed by atoms with Crippen LogP contribution in [0, 0.1) is 5.41 Å². The van der Waals surface area contributed by atoms with Crippen LogP contribution in [0.5, 0.6) is 0 Å². The lowest BCUT2D eigenvalue weighted by Crippen LogP contribution is -2.42. The van der Waals surface area contributed by atoms with Gasteiger partial charge in [0.25, 0.3) is 0 Å². The standard InChI is InChI=1S/C47H41NO/c1-45(2)39-25-34-32(28-15-9-7-10-16-28)21-29-22-43-37(23-33(29)35(34)26-40(39)46(3,4)47(45,5)6)38-24-36-31-19-13-14-20-41(31)48(30-17-11-8-12-18-30)42(36)27-44(38)49-43/h7-20,22-27,32H,21H2,1-6H3. The van der Waals surface area contributed by atoms with Gasteiger partial charge in [-0.1, -0.05) is 114 Å². The monoisotopic (exact) mass is 635 g/mol. The molecule has 8 aromatic rings. The molecular weight excluding hydrogens is 595 g/mol. The third-order valence-corrected chi connectivity index (χ3v) is 13.5. The third kappa shape index (κ3) is 3.67. The molecule has 2 aliphatic carbocycles. The minimum absolute atomic E-state index is 0.0335. The second-order valence-electron chi connectivity index (χ2n) is 16.2. The Labute approximate surface area is 288 Å². The highest BCUT2D eigenvalue weighted by Crippen LogP contribution is 2.63. The zero-order valence-electron chi connectivity index (χ0n) is 29.2. The van der Waals surface area contributed by atoms with E-state index in [1.165, 1.54) is 71.5 Å². The van der Waals surface area contributed by atoms with Crippen LogP contribution in [0.3, 0.4) is 0 Å². The highest BCUT2D eigenvalue weighted by molar-refractivity contribution is 6.18. The van der Waals surface area contributed by atoms with Crippen molar-refractivity contribution in [1.82, 2.24) is 4.57 Å². The fraction of sp³-hybridized carbons (Fsp3) is 0.234. The molecule has 0 saturated carbocycles. The number of hydrogen-bond acceptors (Lipinski definition) is 1. The molecule has 0 fully saturated rings. The molecule has 0 saturated heterocycles. The van der Waals surface area contributed by atoms with Crippen molar-refractivity contribution >= 4 is 43.7 Å². The van der Waals surface area contributed by atoms with Gasteiger partial charge in [-0.3, -0.25) is 0 Å². The minimum Gasteiger partial charge on any atom is -0.456 e. The van der Waals surface area contributed by atoms with Crippen molar-refractivity contribution in [3.05, 3.63) is 149 Å². The molecule has 0 amide bonds. The number of nitrogens with zero attached hydrogens (tertiary/aromatic N) is 1. The number of para-hydroxylation sites is 2. The number of benzene rings is 6. The molecule has 0 aliphatic heterocycles. The van der Waals surface area contributed by atoms with Crippen molar-refractivity contribution in [2.75, 3.05) is 0 Å². The summed E-state index contributed by atoms with van der Waals surface area (Å²) in [5.41, 5.74) is 15.6. The SMILES string of the molecule is CC1(C)c2cc3c(cc2C(C)(C)C1(C)C)C(c1ccccc1)Cc1cc2oc4cc5c(cc4c2cc1-3)c1ccccc1n5-c1ccccc1. The summed E-state index contributed by atoms with van der Waals surface area (Å²) in [5, 5.41) is 4.88. The largest absolute Gasteiger partial charge is 0.456 e. The lowest BCUT2D eigenvalue weighted by Gasteiger charge is -2.44. The highest BCUT2D eigenvalue weighted by Gasteiger charge is 2.57. The summed E-state index contributed by atoms with van der Waals surface area (Å²) in [4.78, 5) is 0. The van der Waals surface area contributed by atoms with E-state index >= 15 is 0 Å². The molecule has 2 aromatic heterocycles. The lowest BCUT2D eigenvalue weighted by atomic mass is 9.59. The first-order chi connectivity index (χ1) is 23.6. The van der Waals surface area contributed by atoms with E-state index < -0.39 is 0 Å². The Balaban J connectivity index is 1.25. The Morgan fingerprint density at radius 2 is 1.18 bits per heavy atom. The Morgan fingerprint density at radius 3 is 1.94 bits per heavy atom. The Hall–Kier alpha value is -5.08. The second-order valence-corrected chi connectivity index (χ2v) is 16.2. The summed E-state index contributed by atoms with van der Waals surface area (Å²) >= 11 is 0. The van der Waals surface area contributed by atoms with Crippen LogP contribution in [0.1, 0.15) is 75.3 Å². The molecule has 0 spiro atoms. The number of fused-ring (bicyclic) bond motifs is 10. The molecule has 240 valence electrons. The van der Waals surface area contributed by atoms with Gasteiger partial charge in [0.1, 0.15) is 11.2 Å². The third-order valence-electron chi connectivity index (χ3n) is 13.5. The first-order valence-corrected chi connectivity index (χ1v) is 17.8. The zero-order chi connectivity index (χ0) is 33.4.